The molecule has 0 N–H and O–H groups in total. The van der Waals surface area contributed by atoms with E-state index in [4.69, 9.17) is 14.7 Å². The smallest absolute Gasteiger partial charge is 0.403 e. The van der Waals surface area contributed by atoms with Crippen molar-refractivity contribution < 1.29 is 13.9 Å². The van der Waals surface area contributed by atoms with E-state index in [0.717, 1.165) is 50.6 Å². The molecule has 51 heavy (non-hydrogen) atoms. The molecule has 7 nitrogen and oxygen atoms in total. The van der Waals surface area contributed by atoms with E-state index in [1.807, 2.05) is 18.5 Å². The van der Waals surface area contributed by atoms with Crippen molar-refractivity contribution >= 4 is 60.3 Å². The fourth-order valence-electron chi connectivity index (χ4n) is 8.35. The van der Waals surface area contributed by atoms with Gasteiger partial charge < -0.3 is 4.74 Å². The molecule has 5 aromatic heterocycles. The zero-order valence-corrected chi connectivity index (χ0v) is 30.5. The molecule has 0 aliphatic heterocycles. The van der Waals surface area contributed by atoms with Crippen LogP contribution in [0.4, 0.5) is 0 Å². The molecule has 0 radical (unpaired) electrons. The van der Waals surface area contributed by atoms with Gasteiger partial charge in [-0.25, -0.2) is 9.13 Å². The SMILES string of the molecule is Cc1c(Oc2ccc3c4cccc(C(C)C)c4n(-c4nccc[n+]4C)c3c2C)cnc2c3c(C(C)C)cccc3n3c4ccccc4[n+](C)c3c12. The average molecular weight is 671 g/mol. The second-order valence-corrected chi connectivity index (χ2v) is 14.5. The number of fused-ring (bicyclic) bond motifs is 11. The van der Waals surface area contributed by atoms with E-state index in [1.54, 1.807) is 0 Å². The normalized spacial score (nSPS) is 12.3. The van der Waals surface area contributed by atoms with Crippen LogP contribution in [0.2, 0.25) is 0 Å². The van der Waals surface area contributed by atoms with Crippen molar-refractivity contribution in [2.75, 3.05) is 0 Å². The Labute approximate surface area is 297 Å². The standard InChI is InChI=1S/C44H42N6O/c1-25(2)29-14-12-19-35-39(29)40-38(43-48(8)33-17-9-10-18-34(33)49(35)43)27(5)37(24-46-40)51-36-21-20-32-31-16-11-15-30(26(3)4)42(31)50(41(32)28(36)6)44-45-22-13-23-47(44)7/h9-26H,1-8H3/q+2. The van der Waals surface area contributed by atoms with Crippen molar-refractivity contribution in [2.24, 2.45) is 14.1 Å². The van der Waals surface area contributed by atoms with Crippen LogP contribution in [0.25, 0.3) is 66.2 Å². The number of pyridine rings is 2. The highest BCUT2D eigenvalue weighted by molar-refractivity contribution is 6.14. The Hall–Kier alpha value is -5.82. The summed E-state index contributed by atoms with van der Waals surface area (Å²) in [5, 5.41) is 4.68. The highest BCUT2D eigenvalue weighted by Gasteiger charge is 2.30. The number of ether oxygens (including phenoxy) is 1. The third-order valence-electron chi connectivity index (χ3n) is 10.8. The first kappa shape index (κ1) is 31.2. The summed E-state index contributed by atoms with van der Waals surface area (Å²) in [5.74, 6) is 3.07. The van der Waals surface area contributed by atoms with Crippen molar-refractivity contribution in [2.45, 2.75) is 53.4 Å². The molecule has 7 heteroatoms. The first-order valence-corrected chi connectivity index (χ1v) is 17.9. The van der Waals surface area contributed by atoms with Crippen LogP contribution >= 0.6 is 0 Å². The Bertz CT molecular complexity index is 2890. The Morgan fingerprint density at radius 3 is 2.18 bits per heavy atom. The molecule has 0 bridgehead atoms. The summed E-state index contributed by atoms with van der Waals surface area (Å²) >= 11 is 0. The largest absolute Gasteiger partial charge is 0.455 e. The number of aryl methyl sites for hydroxylation is 4. The molecule has 4 aromatic carbocycles. The molecule has 0 saturated heterocycles. The van der Waals surface area contributed by atoms with E-state index in [-0.39, 0.29) is 0 Å². The summed E-state index contributed by atoms with van der Waals surface area (Å²) in [6.45, 7) is 13.4. The maximum absolute atomic E-state index is 6.98. The minimum atomic E-state index is 0.334. The van der Waals surface area contributed by atoms with Gasteiger partial charge in [0.15, 0.2) is 11.0 Å². The fraction of sp³-hybridized carbons (Fsp3) is 0.227. The van der Waals surface area contributed by atoms with Crippen molar-refractivity contribution in [3.8, 4) is 17.4 Å². The van der Waals surface area contributed by atoms with Gasteiger partial charge in [-0.3, -0.25) is 4.98 Å². The lowest BCUT2D eigenvalue weighted by Crippen LogP contribution is -2.34. The van der Waals surface area contributed by atoms with Crippen LogP contribution in [-0.2, 0) is 14.1 Å². The summed E-state index contributed by atoms with van der Waals surface area (Å²) in [4.78, 5) is 10.1. The van der Waals surface area contributed by atoms with E-state index < -0.39 is 0 Å². The quantitative estimate of drug-likeness (QED) is 0.135. The monoisotopic (exact) mass is 670 g/mol. The lowest BCUT2D eigenvalue weighted by Gasteiger charge is -2.16. The molecule has 5 heterocycles. The summed E-state index contributed by atoms with van der Waals surface area (Å²) in [6, 6.07) is 28.2. The number of imidazole rings is 1. The molecule has 0 atom stereocenters. The van der Waals surface area contributed by atoms with Crippen LogP contribution in [0.15, 0.2) is 97.5 Å². The van der Waals surface area contributed by atoms with Crippen LogP contribution < -0.4 is 13.9 Å². The lowest BCUT2D eigenvalue weighted by atomic mass is 9.95. The van der Waals surface area contributed by atoms with Gasteiger partial charge in [-0.2, -0.15) is 8.97 Å². The van der Waals surface area contributed by atoms with Gasteiger partial charge in [-0.05, 0) is 67.1 Å². The molecule has 0 aliphatic carbocycles. The Morgan fingerprint density at radius 2 is 1.39 bits per heavy atom. The second kappa shape index (κ2) is 11.4. The van der Waals surface area contributed by atoms with Gasteiger partial charge in [0.25, 0.3) is 5.65 Å². The summed E-state index contributed by atoms with van der Waals surface area (Å²) in [7, 11) is 4.21. The minimum absolute atomic E-state index is 0.334. The predicted molar refractivity (Wildman–Crippen MR) is 206 cm³/mol. The van der Waals surface area contributed by atoms with Gasteiger partial charge in [0.05, 0.1) is 42.8 Å². The summed E-state index contributed by atoms with van der Waals surface area (Å²) in [5.41, 5.74) is 12.6. The average Bonchev–Trinajstić information content (AvgIpc) is 3.63. The number of aromatic nitrogens is 6. The third-order valence-corrected chi connectivity index (χ3v) is 10.8. The third kappa shape index (κ3) is 4.37. The van der Waals surface area contributed by atoms with Crippen molar-refractivity contribution in [3.05, 3.63) is 120 Å². The molecule has 0 unspecified atom stereocenters. The Balaban J connectivity index is 1.34. The van der Waals surface area contributed by atoms with E-state index in [0.29, 0.717) is 11.8 Å². The Morgan fingerprint density at radius 1 is 0.667 bits per heavy atom. The molecule has 0 saturated carbocycles. The molecule has 252 valence electrons. The lowest BCUT2D eigenvalue weighted by molar-refractivity contribution is -0.668. The number of rotatable bonds is 5. The van der Waals surface area contributed by atoms with Crippen LogP contribution in [0.1, 0.15) is 61.8 Å². The molecule has 0 fully saturated rings. The van der Waals surface area contributed by atoms with Crippen molar-refractivity contribution in [3.63, 3.8) is 0 Å². The van der Waals surface area contributed by atoms with Gasteiger partial charge in [0.1, 0.15) is 34.2 Å². The Kier molecular flexibility index (Phi) is 6.94. The summed E-state index contributed by atoms with van der Waals surface area (Å²) in [6.07, 6.45) is 5.84. The van der Waals surface area contributed by atoms with Crippen molar-refractivity contribution in [1.82, 2.24) is 18.9 Å². The molecule has 0 aliphatic rings. The first-order chi connectivity index (χ1) is 24.7. The van der Waals surface area contributed by atoms with Crippen LogP contribution in [0.3, 0.4) is 0 Å². The molecule has 9 rings (SSSR count). The van der Waals surface area contributed by atoms with E-state index in [1.165, 1.54) is 49.4 Å². The number of benzene rings is 4. The van der Waals surface area contributed by atoms with Gasteiger partial charge in [0, 0.05) is 28.0 Å². The zero-order valence-electron chi connectivity index (χ0n) is 30.5. The number of para-hydroxylation sites is 3. The van der Waals surface area contributed by atoms with Crippen LogP contribution in [0, 0.1) is 13.8 Å². The van der Waals surface area contributed by atoms with Gasteiger partial charge in [0.2, 0.25) is 0 Å². The minimum Gasteiger partial charge on any atom is -0.455 e. The highest BCUT2D eigenvalue weighted by Crippen LogP contribution is 2.43. The van der Waals surface area contributed by atoms with Crippen LogP contribution in [0.5, 0.6) is 11.5 Å². The predicted octanol–water partition coefficient (Wildman–Crippen LogP) is 9.59. The van der Waals surface area contributed by atoms with Gasteiger partial charge in [-0.15, -0.1) is 0 Å². The molecule has 0 spiro atoms. The topological polar surface area (TPSA) is 52.1 Å². The zero-order chi connectivity index (χ0) is 35.3. The molecule has 0 amide bonds. The maximum Gasteiger partial charge on any atom is 0.403 e. The molecular weight excluding hydrogens is 629 g/mol. The second-order valence-electron chi connectivity index (χ2n) is 14.5. The van der Waals surface area contributed by atoms with E-state index in [9.17, 15) is 0 Å². The van der Waals surface area contributed by atoms with Crippen molar-refractivity contribution in [1.29, 1.82) is 0 Å². The van der Waals surface area contributed by atoms with E-state index in [2.05, 4.69) is 153 Å². The maximum atomic E-state index is 6.98. The molecular formula is C44H42N6O+2. The summed E-state index contributed by atoms with van der Waals surface area (Å²) < 4.78 is 16.1. The number of hydrogen-bond acceptors (Lipinski definition) is 3. The van der Waals surface area contributed by atoms with Gasteiger partial charge in [-0.1, -0.05) is 75.1 Å². The highest BCUT2D eigenvalue weighted by atomic mass is 16.5. The first-order valence-electron chi connectivity index (χ1n) is 17.9. The van der Waals surface area contributed by atoms with E-state index >= 15 is 0 Å². The fourth-order valence-corrected chi connectivity index (χ4v) is 8.35. The van der Waals surface area contributed by atoms with Crippen LogP contribution in [-0.4, -0.2) is 18.9 Å². The van der Waals surface area contributed by atoms with Gasteiger partial charge >= 0.3 is 5.95 Å². The molecule has 9 aromatic rings. The number of hydrogen-bond donors (Lipinski definition) is 0. The number of nitrogens with zero attached hydrogens (tertiary/aromatic N) is 6.